The van der Waals surface area contributed by atoms with Crippen LogP contribution >= 0.6 is 0 Å². The molecule has 0 aromatic rings. The standard InChI is InChI=1S/C16H34N2O3/c1-7-21-15(19)16(4,17-14(2)3)10-8-9-11-18(5)12-13-20-6/h14,17H,7-13H2,1-6H3. The Balaban J connectivity index is 4.21. The first-order chi connectivity index (χ1) is 9.85. The van der Waals surface area contributed by atoms with Gasteiger partial charge in [-0.25, -0.2) is 0 Å². The molecular weight excluding hydrogens is 268 g/mol. The number of rotatable bonds is 12. The Bertz CT molecular complexity index is 285. The van der Waals surface area contributed by atoms with Gasteiger partial charge in [0.1, 0.15) is 5.54 Å². The number of ether oxygens (including phenoxy) is 2. The number of carbonyl (C=O) groups excluding carboxylic acids is 1. The van der Waals surface area contributed by atoms with Crippen molar-refractivity contribution < 1.29 is 14.3 Å². The van der Waals surface area contributed by atoms with E-state index in [1.807, 2.05) is 13.8 Å². The van der Waals surface area contributed by atoms with Gasteiger partial charge in [-0.2, -0.15) is 0 Å². The highest BCUT2D eigenvalue weighted by Crippen LogP contribution is 2.17. The summed E-state index contributed by atoms with van der Waals surface area (Å²) in [6.45, 7) is 11.0. The molecule has 0 rings (SSSR count). The first kappa shape index (κ1) is 20.3. The van der Waals surface area contributed by atoms with E-state index in [1.165, 1.54) is 0 Å². The molecule has 0 aromatic heterocycles. The molecule has 0 amide bonds. The molecule has 0 heterocycles. The SMILES string of the molecule is CCOC(=O)C(C)(CCCCN(C)CCOC)NC(C)C. The number of nitrogens with zero attached hydrogens (tertiary/aromatic N) is 1. The Hall–Kier alpha value is -0.650. The van der Waals surface area contributed by atoms with Gasteiger partial charge in [-0.15, -0.1) is 0 Å². The molecule has 1 atom stereocenters. The van der Waals surface area contributed by atoms with Gasteiger partial charge in [0.15, 0.2) is 0 Å². The van der Waals surface area contributed by atoms with Gasteiger partial charge >= 0.3 is 5.97 Å². The van der Waals surface area contributed by atoms with Crippen LogP contribution in [-0.4, -0.2) is 62.9 Å². The van der Waals surface area contributed by atoms with E-state index in [2.05, 4.69) is 31.1 Å². The highest BCUT2D eigenvalue weighted by atomic mass is 16.5. The molecular formula is C16H34N2O3. The molecule has 0 saturated heterocycles. The van der Waals surface area contributed by atoms with Crippen molar-refractivity contribution in [1.29, 1.82) is 0 Å². The summed E-state index contributed by atoms with van der Waals surface area (Å²) in [6.07, 6.45) is 2.85. The van der Waals surface area contributed by atoms with Gasteiger partial charge in [0, 0.05) is 19.7 Å². The third-order valence-corrected chi connectivity index (χ3v) is 3.48. The minimum absolute atomic E-state index is 0.147. The molecule has 21 heavy (non-hydrogen) atoms. The quantitative estimate of drug-likeness (QED) is 0.442. The summed E-state index contributed by atoms with van der Waals surface area (Å²) in [7, 11) is 3.81. The fourth-order valence-electron chi connectivity index (χ4n) is 2.38. The normalized spacial score (nSPS) is 14.5. The zero-order chi connectivity index (χ0) is 16.3. The number of esters is 1. The first-order valence-electron chi connectivity index (χ1n) is 7.98. The maximum atomic E-state index is 12.2. The second-order valence-corrected chi connectivity index (χ2v) is 6.10. The third kappa shape index (κ3) is 9.06. The fourth-order valence-corrected chi connectivity index (χ4v) is 2.38. The summed E-state index contributed by atoms with van der Waals surface area (Å²) in [5.74, 6) is -0.147. The van der Waals surface area contributed by atoms with E-state index in [-0.39, 0.29) is 12.0 Å². The van der Waals surface area contributed by atoms with Crippen molar-refractivity contribution in [3.05, 3.63) is 0 Å². The molecule has 0 aliphatic rings. The zero-order valence-electron chi connectivity index (χ0n) is 14.7. The van der Waals surface area contributed by atoms with Crippen molar-refractivity contribution in [2.24, 2.45) is 0 Å². The van der Waals surface area contributed by atoms with Crippen LogP contribution in [0.25, 0.3) is 0 Å². The van der Waals surface area contributed by atoms with E-state index >= 15 is 0 Å². The Kier molecular flexibility index (Phi) is 10.6. The van der Waals surface area contributed by atoms with Crippen molar-refractivity contribution >= 4 is 5.97 Å². The maximum Gasteiger partial charge on any atom is 0.326 e. The largest absolute Gasteiger partial charge is 0.465 e. The van der Waals surface area contributed by atoms with E-state index in [4.69, 9.17) is 9.47 Å². The van der Waals surface area contributed by atoms with Crippen LogP contribution < -0.4 is 5.32 Å². The van der Waals surface area contributed by atoms with Crippen molar-refractivity contribution in [3.8, 4) is 0 Å². The number of likely N-dealkylation sites (N-methyl/N-ethyl adjacent to an activating group) is 1. The highest BCUT2D eigenvalue weighted by molar-refractivity contribution is 5.80. The van der Waals surface area contributed by atoms with Gasteiger partial charge in [-0.05, 0) is 60.5 Å². The summed E-state index contributed by atoms with van der Waals surface area (Å²) in [5.41, 5.74) is -0.588. The van der Waals surface area contributed by atoms with Crippen molar-refractivity contribution in [2.45, 2.75) is 58.5 Å². The van der Waals surface area contributed by atoms with Crippen LogP contribution in [-0.2, 0) is 14.3 Å². The summed E-state index contributed by atoms with van der Waals surface area (Å²) in [6, 6.07) is 0.254. The molecule has 0 aliphatic carbocycles. The average molecular weight is 302 g/mol. The number of nitrogens with one attached hydrogen (secondary N) is 1. The molecule has 0 fully saturated rings. The molecule has 0 spiro atoms. The molecule has 1 unspecified atom stereocenters. The van der Waals surface area contributed by atoms with E-state index in [0.29, 0.717) is 6.61 Å². The number of hydrogen-bond donors (Lipinski definition) is 1. The van der Waals surface area contributed by atoms with E-state index in [9.17, 15) is 4.79 Å². The van der Waals surface area contributed by atoms with Crippen molar-refractivity contribution in [1.82, 2.24) is 10.2 Å². The number of methoxy groups -OCH3 is 1. The van der Waals surface area contributed by atoms with E-state index in [0.717, 1.165) is 39.0 Å². The fraction of sp³-hybridized carbons (Fsp3) is 0.938. The average Bonchev–Trinajstić information content (AvgIpc) is 2.40. The van der Waals surface area contributed by atoms with E-state index in [1.54, 1.807) is 7.11 Å². The highest BCUT2D eigenvalue weighted by Gasteiger charge is 2.34. The molecule has 0 saturated carbocycles. The van der Waals surface area contributed by atoms with Crippen LogP contribution in [0.2, 0.25) is 0 Å². The van der Waals surface area contributed by atoms with Gasteiger partial charge < -0.3 is 14.4 Å². The van der Waals surface area contributed by atoms with Crippen molar-refractivity contribution in [3.63, 3.8) is 0 Å². The van der Waals surface area contributed by atoms with Crippen molar-refractivity contribution in [2.75, 3.05) is 40.5 Å². The first-order valence-corrected chi connectivity index (χ1v) is 7.98. The molecule has 0 aliphatic heterocycles. The predicted octanol–water partition coefficient (Wildman–Crippen LogP) is 2.05. The number of hydrogen-bond acceptors (Lipinski definition) is 5. The molecule has 0 radical (unpaired) electrons. The van der Waals surface area contributed by atoms with Crippen LogP contribution in [0.1, 0.15) is 47.0 Å². The van der Waals surface area contributed by atoms with Gasteiger partial charge in [-0.1, -0.05) is 0 Å². The molecule has 1 N–H and O–H groups in total. The second-order valence-electron chi connectivity index (χ2n) is 6.10. The topological polar surface area (TPSA) is 50.8 Å². The lowest BCUT2D eigenvalue weighted by atomic mass is 9.93. The van der Waals surface area contributed by atoms with E-state index < -0.39 is 5.54 Å². The lowest BCUT2D eigenvalue weighted by Crippen LogP contribution is -2.53. The minimum atomic E-state index is -0.588. The molecule has 126 valence electrons. The Morgan fingerprint density at radius 1 is 1.29 bits per heavy atom. The molecule has 0 bridgehead atoms. The molecule has 5 heteroatoms. The number of unbranched alkanes of at least 4 members (excludes halogenated alkanes) is 1. The molecule has 5 nitrogen and oxygen atoms in total. The monoisotopic (exact) mass is 302 g/mol. The Morgan fingerprint density at radius 3 is 2.48 bits per heavy atom. The smallest absolute Gasteiger partial charge is 0.326 e. The van der Waals surface area contributed by atoms with Crippen LogP contribution in [0.3, 0.4) is 0 Å². The summed E-state index contributed by atoms with van der Waals surface area (Å²) >= 11 is 0. The minimum Gasteiger partial charge on any atom is -0.465 e. The van der Waals surface area contributed by atoms with Crippen LogP contribution in [0.5, 0.6) is 0 Å². The lowest BCUT2D eigenvalue weighted by Gasteiger charge is -2.31. The van der Waals surface area contributed by atoms with Crippen LogP contribution in [0.4, 0.5) is 0 Å². The predicted molar refractivity (Wildman–Crippen MR) is 86.5 cm³/mol. The van der Waals surface area contributed by atoms with Crippen LogP contribution in [0, 0.1) is 0 Å². The number of carbonyl (C=O) groups is 1. The lowest BCUT2D eigenvalue weighted by molar-refractivity contribution is -0.151. The summed E-state index contributed by atoms with van der Waals surface area (Å²) < 4.78 is 10.3. The Morgan fingerprint density at radius 2 is 1.95 bits per heavy atom. The second kappa shape index (κ2) is 11.0. The van der Waals surface area contributed by atoms with Gasteiger partial charge in [0.25, 0.3) is 0 Å². The summed E-state index contributed by atoms with van der Waals surface area (Å²) in [4.78, 5) is 14.4. The third-order valence-electron chi connectivity index (χ3n) is 3.48. The van der Waals surface area contributed by atoms with Gasteiger partial charge in [0.2, 0.25) is 0 Å². The van der Waals surface area contributed by atoms with Crippen LogP contribution in [0.15, 0.2) is 0 Å². The van der Waals surface area contributed by atoms with Gasteiger partial charge in [-0.3, -0.25) is 10.1 Å². The Labute approximate surface area is 130 Å². The maximum absolute atomic E-state index is 12.2. The summed E-state index contributed by atoms with van der Waals surface area (Å²) in [5, 5.41) is 3.36. The van der Waals surface area contributed by atoms with Gasteiger partial charge in [0.05, 0.1) is 13.2 Å². The zero-order valence-corrected chi connectivity index (χ0v) is 14.7. The molecule has 0 aromatic carbocycles.